The first-order valence-corrected chi connectivity index (χ1v) is 15.9. The molecule has 3 aromatic carbocycles. The molecule has 0 unspecified atom stereocenters. The molecular weight excluding hydrogens is 735 g/mol. The Morgan fingerprint density at radius 2 is 1.15 bits per heavy atom. The Labute approximate surface area is 300 Å². The first-order valence-electron chi connectivity index (χ1n) is 15.1. The summed E-state index contributed by atoms with van der Waals surface area (Å²) in [5.74, 6) is -7.57. The monoisotopic (exact) mass is 754 g/mol. The molecule has 7 rings (SSSR count). The highest BCUT2D eigenvalue weighted by atomic mass is 35.5. The summed E-state index contributed by atoms with van der Waals surface area (Å²) in [4.78, 5) is 107. The van der Waals surface area contributed by atoms with E-state index in [2.05, 4.69) is 0 Å². The molecule has 0 bridgehead atoms. The number of amides is 4. The van der Waals surface area contributed by atoms with E-state index in [1.54, 1.807) is 0 Å². The average molecular weight is 755 g/mol. The van der Waals surface area contributed by atoms with Crippen LogP contribution in [0.25, 0.3) is 0 Å². The fraction of sp³-hybridized carbons (Fsp3) is 0.212. The summed E-state index contributed by atoms with van der Waals surface area (Å²) >= 11 is 13.2. The summed E-state index contributed by atoms with van der Waals surface area (Å²) in [6.45, 7) is -1.62. The maximum atomic E-state index is 13.3. The minimum Gasteiger partial charge on any atom is -0.480 e. The number of imide groups is 2. The van der Waals surface area contributed by atoms with Crippen LogP contribution in [0.2, 0.25) is 10.0 Å². The van der Waals surface area contributed by atoms with Crippen LogP contribution < -0.4 is 14.2 Å². The van der Waals surface area contributed by atoms with Crippen molar-refractivity contribution >= 4 is 70.7 Å². The molecule has 52 heavy (non-hydrogen) atoms. The van der Waals surface area contributed by atoms with Crippen LogP contribution in [0, 0.1) is 0 Å². The molecule has 4 aliphatic heterocycles. The zero-order chi connectivity index (χ0) is 37.1. The van der Waals surface area contributed by atoms with Gasteiger partial charge in [0.05, 0.1) is 21.2 Å². The molecule has 3 aromatic rings. The number of carbonyl (C=O) groups is 8. The van der Waals surface area contributed by atoms with E-state index in [0.717, 1.165) is 0 Å². The van der Waals surface area contributed by atoms with Crippen molar-refractivity contribution in [2.45, 2.75) is 31.3 Å². The van der Waals surface area contributed by atoms with Gasteiger partial charge in [-0.3, -0.25) is 19.2 Å². The third kappa shape index (κ3) is 5.78. The molecule has 2 saturated heterocycles. The minimum absolute atomic E-state index is 0.0132. The van der Waals surface area contributed by atoms with Gasteiger partial charge in [-0.2, -0.15) is 0 Å². The van der Waals surface area contributed by atoms with Gasteiger partial charge in [-0.15, -0.1) is 10.1 Å². The standard InChI is InChI=1S/C33H20Cl2N2O15/c34-19-8-17-21(10-23(19)47-12-29(42)51-36-25(38)3-4-26(36)39)49-22-11-24(48-13-30(43)52-37-27(40)5-6-28(37)41)20(35)9-18(22)33(17)16-7-14(31(44)45)1-2-15(16)32(46)50-33/h1-2,7-11H,3-6,12-13H2,(H,44,45). The number of halogens is 2. The van der Waals surface area contributed by atoms with Gasteiger partial charge in [0, 0.05) is 54.5 Å². The summed E-state index contributed by atoms with van der Waals surface area (Å²) in [6.07, 6.45) is -0.466. The van der Waals surface area contributed by atoms with Gasteiger partial charge in [0.1, 0.15) is 23.0 Å². The Morgan fingerprint density at radius 3 is 1.60 bits per heavy atom. The van der Waals surface area contributed by atoms with Crippen LogP contribution in [0.1, 0.15) is 63.1 Å². The number of carboxylic acids is 1. The first kappa shape index (κ1) is 34.3. The predicted molar refractivity (Wildman–Crippen MR) is 167 cm³/mol. The highest BCUT2D eigenvalue weighted by Crippen LogP contribution is 2.59. The molecule has 2 fully saturated rings. The summed E-state index contributed by atoms with van der Waals surface area (Å²) in [7, 11) is 0. The van der Waals surface area contributed by atoms with Crippen molar-refractivity contribution in [3.05, 3.63) is 80.3 Å². The number of hydroxylamine groups is 4. The molecule has 266 valence electrons. The third-order valence-electron chi connectivity index (χ3n) is 8.25. The van der Waals surface area contributed by atoms with Gasteiger partial charge in [-0.05, 0) is 30.3 Å². The SMILES string of the molecule is O=C(COc1cc2c(cc1Cl)C1(OC(=O)c3ccc(C(=O)O)cc31)c1cc(Cl)c(OCC(=O)ON3C(=O)CCC3=O)cc1O2)ON1C(=O)CCC1=O. The Hall–Kier alpha value is -6.20. The van der Waals surface area contributed by atoms with Gasteiger partial charge in [0.25, 0.3) is 23.6 Å². The number of fused-ring (bicyclic) bond motifs is 6. The fourth-order valence-electron chi connectivity index (χ4n) is 5.91. The Kier molecular flexibility index (Phi) is 8.46. The first-order chi connectivity index (χ1) is 24.8. The van der Waals surface area contributed by atoms with E-state index in [9.17, 15) is 43.5 Å². The van der Waals surface area contributed by atoms with Crippen LogP contribution in [-0.2, 0) is 48.8 Å². The lowest BCUT2D eigenvalue weighted by molar-refractivity contribution is -0.198. The molecule has 4 heterocycles. The molecule has 1 spiro atoms. The van der Waals surface area contributed by atoms with Crippen molar-refractivity contribution in [3.8, 4) is 23.0 Å². The molecular formula is C33H20Cl2N2O15. The quantitative estimate of drug-likeness (QED) is 0.245. The number of ether oxygens (including phenoxy) is 4. The molecule has 1 N–H and O–H groups in total. The van der Waals surface area contributed by atoms with Crippen molar-refractivity contribution < 1.29 is 72.1 Å². The lowest BCUT2D eigenvalue weighted by atomic mass is 9.77. The van der Waals surface area contributed by atoms with Gasteiger partial charge >= 0.3 is 23.9 Å². The van der Waals surface area contributed by atoms with Crippen LogP contribution in [0.5, 0.6) is 23.0 Å². The van der Waals surface area contributed by atoms with Gasteiger partial charge < -0.3 is 33.7 Å². The largest absolute Gasteiger partial charge is 0.480 e. The van der Waals surface area contributed by atoms with Crippen LogP contribution in [0.3, 0.4) is 0 Å². The number of nitrogens with zero attached hydrogens (tertiary/aromatic N) is 2. The van der Waals surface area contributed by atoms with Crippen LogP contribution >= 0.6 is 23.2 Å². The minimum atomic E-state index is -1.92. The summed E-state index contributed by atoms with van der Waals surface area (Å²) < 4.78 is 23.2. The van der Waals surface area contributed by atoms with Crippen molar-refractivity contribution in [1.29, 1.82) is 0 Å². The topological polar surface area (TPSA) is 219 Å². The molecule has 17 nitrogen and oxygen atoms in total. The smallest absolute Gasteiger partial charge is 0.370 e. The highest BCUT2D eigenvalue weighted by Gasteiger charge is 2.54. The molecule has 0 aliphatic carbocycles. The second kappa shape index (κ2) is 12.8. The lowest BCUT2D eigenvalue weighted by Crippen LogP contribution is -2.34. The number of benzene rings is 3. The number of aromatic carboxylic acids is 1. The van der Waals surface area contributed by atoms with E-state index >= 15 is 0 Å². The van der Waals surface area contributed by atoms with E-state index in [1.807, 2.05) is 0 Å². The summed E-state index contributed by atoms with van der Waals surface area (Å²) in [5.41, 5.74) is -1.82. The normalized spacial score (nSPS) is 16.6. The van der Waals surface area contributed by atoms with Gasteiger partial charge in [0.15, 0.2) is 18.8 Å². The Morgan fingerprint density at radius 1 is 0.692 bits per heavy atom. The zero-order valence-electron chi connectivity index (χ0n) is 26.1. The van der Waals surface area contributed by atoms with Crippen LogP contribution in [0.15, 0.2) is 42.5 Å². The maximum absolute atomic E-state index is 13.3. The lowest BCUT2D eigenvalue weighted by Gasteiger charge is -2.37. The molecule has 0 radical (unpaired) electrons. The highest BCUT2D eigenvalue weighted by molar-refractivity contribution is 6.32. The van der Waals surface area contributed by atoms with E-state index < -0.39 is 66.3 Å². The molecule has 19 heteroatoms. The number of hydrogen-bond acceptors (Lipinski definition) is 14. The number of esters is 1. The van der Waals surface area contributed by atoms with Crippen LogP contribution in [0.4, 0.5) is 0 Å². The predicted octanol–water partition coefficient (Wildman–Crippen LogP) is 3.23. The second-order valence-corrected chi connectivity index (χ2v) is 12.3. The van der Waals surface area contributed by atoms with E-state index in [-0.39, 0.29) is 86.5 Å². The number of carboxylic acid groups (broad SMARTS) is 1. The molecule has 0 atom stereocenters. The average Bonchev–Trinajstić information content (AvgIpc) is 3.71. The molecule has 4 amide bonds. The number of hydrogen-bond donors (Lipinski definition) is 1. The Bertz CT molecular complexity index is 2040. The Balaban J connectivity index is 1.24. The summed E-state index contributed by atoms with van der Waals surface area (Å²) in [6, 6.07) is 8.84. The number of rotatable bonds is 9. The maximum Gasteiger partial charge on any atom is 0.370 e. The van der Waals surface area contributed by atoms with E-state index in [4.69, 9.17) is 51.8 Å². The third-order valence-corrected chi connectivity index (χ3v) is 8.84. The van der Waals surface area contributed by atoms with Crippen molar-refractivity contribution in [3.63, 3.8) is 0 Å². The molecule has 0 saturated carbocycles. The van der Waals surface area contributed by atoms with Crippen molar-refractivity contribution in [2.24, 2.45) is 0 Å². The van der Waals surface area contributed by atoms with Gasteiger partial charge in [0.2, 0.25) is 0 Å². The number of carbonyl (C=O) groups excluding carboxylic acids is 7. The second-order valence-electron chi connectivity index (χ2n) is 11.5. The zero-order valence-corrected chi connectivity index (χ0v) is 27.6. The molecule has 0 aromatic heterocycles. The van der Waals surface area contributed by atoms with E-state index in [0.29, 0.717) is 10.1 Å². The summed E-state index contributed by atoms with van der Waals surface area (Å²) in [5, 5.41) is 10.2. The molecule has 4 aliphatic rings. The van der Waals surface area contributed by atoms with Crippen LogP contribution in [-0.4, -0.2) is 76.0 Å². The van der Waals surface area contributed by atoms with Gasteiger partial charge in [-0.1, -0.05) is 23.2 Å². The van der Waals surface area contributed by atoms with Crippen molar-refractivity contribution in [1.82, 2.24) is 10.1 Å². The fourth-order valence-corrected chi connectivity index (χ4v) is 6.35. The van der Waals surface area contributed by atoms with Crippen molar-refractivity contribution in [2.75, 3.05) is 13.2 Å². The van der Waals surface area contributed by atoms with E-state index in [1.165, 1.54) is 42.5 Å². The van der Waals surface area contributed by atoms with Gasteiger partial charge in [-0.25, -0.2) is 19.2 Å².